The van der Waals surface area contributed by atoms with Crippen molar-refractivity contribution in [2.45, 2.75) is 32.9 Å². The highest BCUT2D eigenvalue weighted by atomic mass is 35.5. The standard InChI is InChI=1S/C23H21ClN6O2/c1-23(2,3)27-13-14-8-15(22-21(12-25)30(31)32-29-22)10-17(9-14)28-19-6-7-26-20-11-16(24)4-5-18(19)20/h4-11,27H,13H2,1-3H3,(H,26,28). The van der Waals surface area contributed by atoms with Crippen LogP contribution in [0.3, 0.4) is 0 Å². The molecule has 9 heteroatoms. The van der Waals surface area contributed by atoms with E-state index in [0.717, 1.165) is 27.8 Å². The van der Waals surface area contributed by atoms with Crippen molar-refractivity contribution in [3.05, 3.63) is 70.1 Å². The van der Waals surface area contributed by atoms with Crippen molar-refractivity contribution in [1.82, 2.24) is 15.5 Å². The number of pyridine rings is 1. The van der Waals surface area contributed by atoms with Gasteiger partial charge in [0.05, 0.1) is 5.52 Å². The number of aromatic nitrogens is 3. The summed E-state index contributed by atoms with van der Waals surface area (Å²) < 4.78 is 4.65. The first kappa shape index (κ1) is 21.6. The Hall–Kier alpha value is -3.67. The molecule has 162 valence electrons. The number of benzene rings is 2. The van der Waals surface area contributed by atoms with Gasteiger partial charge in [0.25, 0.3) is 5.69 Å². The lowest BCUT2D eigenvalue weighted by molar-refractivity contribution is -0.804. The molecule has 2 aromatic carbocycles. The highest BCUT2D eigenvalue weighted by molar-refractivity contribution is 6.31. The maximum absolute atomic E-state index is 11.8. The zero-order valence-electron chi connectivity index (χ0n) is 17.8. The molecule has 4 rings (SSSR count). The van der Waals surface area contributed by atoms with E-state index in [1.165, 1.54) is 0 Å². The Morgan fingerprint density at radius 3 is 2.75 bits per heavy atom. The van der Waals surface area contributed by atoms with Gasteiger partial charge in [-0.2, -0.15) is 5.26 Å². The van der Waals surface area contributed by atoms with Crippen molar-refractivity contribution in [3.8, 4) is 17.3 Å². The molecular formula is C23H21ClN6O2. The van der Waals surface area contributed by atoms with Crippen LogP contribution in [0.15, 0.2) is 53.3 Å². The minimum atomic E-state index is -0.194. The molecule has 4 aromatic rings. The number of nitriles is 1. The molecule has 32 heavy (non-hydrogen) atoms. The van der Waals surface area contributed by atoms with Crippen molar-refractivity contribution in [3.63, 3.8) is 0 Å². The summed E-state index contributed by atoms with van der Waals surface area (Å²) in [7, 11) is 0. The summed E-state index contributed by atoms with van der Waals surface area (Å²) in [6.07, 6.45) is 1.71. The minimum Gasteiger partial charge on any atom is -0.358 e. The van der Waals surface area contributed by atoms with Gasteiger partial charge in [-0.05, 0) is 73.7 Å². The normalized spacial score (nSPS) is 11.5. The fraction of sp³-hybridized carbons (Fsp3) is 0.217. The van der Waals surface area contributed by atoms with Gasteiger partial charge in [-0.3, -0.25) is 9.61 Å². The summed E-state index contributed by atoms with van der Waals surface area (Å²) >= 11 is 6.11. The quantitative estimate of drug-likeness (QED) is 0.426. The second-order valence-corrected chi connectivity index (χ2v) is 8.84. The molecule has 8 nitrogen and oxygen atoms in total. The Balaban J connectivity index is 1.78. The summed E-state index contributed by atoms with van der Waals surface area (Å²) in [5.41, 5.74) is 3.83. The van der Waals surface area contributed by atoms with Gasteiger partial charge in [-0.15, -0.1) is 0 Å². The summed E-state index contributed by atoms with van der Waals surface area (Å²) in [6.45, 7) is 6.82. The first-order chi connectivity index (χ1) is 15.2. The van der Waals surface area contributed by atoms with Crippen molar-refractivity contribution >= 4 is 33.9 Å². The van der Waals surface area contributed by atoms with E-state index in [2.05, 4.69) is 46.2 Å². The van der Waals surface area contributed by atoms with Crippen LogP contribution < -0.4 is 15.5 Å². The number of halogens is 1. The molecule has 2 heterocycles. The molecule has 0 bridgehead atoms. The number of hydrogen-bond donors (Lipinski definition) is 2. The van der Waals surface area contributed by atoms with E-state index in [9.17, 15) is 10.5 Å². The van der Waals surface area contributed by atoms with Gasteiger partial charge >= 0.3 is 5.69 Å². The van der Waals surface area contributed by atoms with Gasteiger partial charge in [0, 0.05) is 50.8 Å². The number of rotatable bonds is 5. The number of fused-ring (bicyclic) bond motifs is 1. The molecule has 0 atom stereocenters. The van der Waals surface area contributed by atoms with Gasteiger partial charge in [0.1, 0.15) is 0 Å². The first-order valence-corrected chi connectivity index (χ1v) is 10.3. The molecule has 0 radical (unpaired) electrons. The first-order valence-electron chi connectivity index (χ1n) is 9.94. The summed E-state index contributed by atoms with van der Waals surface area (Å²) in [4.78, 5) is 4.49. The molecule has 0 aliphatic carbocycles. The topological polar surface area (TPSA) is 114 Å². The van der Waals surface area contributed by atoms with Gasteiger partial charge in [0.2, 0.25) is 0 Å². The number of nitrogens with one attached hydrogen (secondary N) is 2. The molecule has 0 fully saturated rings. The lowest BCUT2D eigenvalue weighted by atomic mass is 10.0. The third kappa shape index (κ3) is 4.64. The van der Waals surface area contributed by atoms with Crippen molar-refractivity contribution < 1.29 is 9.53 Å². The van der Waals surface area contributed by atoms with E-state index < -0.39 is 0 Å². The maximum atomic E-state index is 11.8. The molecular weight excluding hydrogens is 428 g/mol. The Labute approximate surface area is 190 Å². The zero-order chi connectivity index (χ0) is 22.9. The lowest BCUT2D eigenvalue weighted by Crippen LogP contribution is -2.35. The van der Waals surface area contributed by atoms with E-state index in [1.807, 2.05) is 42.5 Å². The molecule has 0 aliphatic heterocycles. The van der Waals surface area contributed by atoms with E-state index in [1.54, 1.807) is 12.3 Å². The molecule has 0 saturated heterocycles. The zero-order valence-corrected chi connectivity index (χ0v) is 18.6. The summed E-state index contributed by atoms with van der Waals surface area (Å²) in [6, 6.07) is 15.0. The highest BCUT2D eigenvalue weighted by Crippen LogP contribution is 2.30. The molecule has 0 saturated carbocycles. The molecule has 0 unspecified atom stereocenters. The van der Waals surface area contributed by atoms with Crippen LogP contribution in [-0.4, -0.2) is 15.7 Å². The average Bonchev–Trinajstić information content (AvgIpc) is 3.12. The van der Waals surface area contributed by atoms with Crippen LogP contribution >= 0.6 is 11.6 Å². The van der Waals surface area contributed by atoms with Crippen LogP contribution in [0.1, 0.15) is 32.0 Å². The highest BCUT2D eigenvalue weighted by Gasteiger charge is 2.22. The molecule has 0 aliphatic rings. The fourth-order valence-electron chi connectivity index (χ4n) is 3.29. The second-order valence-electron chi connectivity index (χ2n) is 8.41. The Morgan fingerprint density at radius 1 is 1.19 bits per heavy atom. The van der Waals surface area contributed by atoms with Crippen LogP contribution in [0, 0.1) is 16.5 Å². The second kappa shape index (κ2) is 8.46. The van der Waals surface area contributed by atoms with Crippen molar-refractivity contribution in [2.75, 3.05) is 5.32 Å². The van der Waals surface area contributed by atoms with E-state index in [4.69, 9.17) is 11.6 Å². The van der Waals surface area contributed by atoms with Crippen LogP contribution in [0.5, 0.6) is 0 Å². The van der Waals surface area contributed by atoms with Gasteiger partial charge in [0.15, 0.2) is 6.07 Å². The number of hydrogen-bond acceptors (Lipinski definition) is 7. The SMILES string of the molecule is CC(C)(C)NCc1cc(Nc2ccnc3cc(Cl)ccc23)cc(-c2no[n+]([O-])c2C#N)c1. The molecule has 0 spiro atoms. The third-order valence-electron chi connectivity index (χ3n) is 4.79. The van der Waals surface area contributed by atoms with E-state index in [0.29, 0.717) is 17.1 Å². The predicted octanol–water partition coefficient (Wildman–Crippen LogP) is 4.68. The Kier molecular flexibility index (Phi) is 5.70. The average molecular weight is 449 g/mol. The molecule has 2 N–H and O–H groups in total. The predicted molar refractivity (Wildman–Crippen MR) is 122 cm³/mol. The summed E-state index contributed by atoms with van der Waals surface area (Å²) in [5, 5.41) is 33.3. The molecule has 0 amide bonds. The van der Waals surface area contributed by atoms with Crippen LogP contribution in [0.4, 0.5) is 11.4 Å². The molecule has 2 aromatic heterocycles. The van der Waals surface area contributed by atoms with E-state index >= 15 is 0 Å². The summed E-state index contributed by atoms with van der Waals surface area (Å²) in [5.74, 6) is 0. The van der Waals surface area contributed by atoms with Gasteiger partial charge in [-0.25, -0.2) is 0 Å². The minimum absolute atomic E-state index is 0.0894. The Morgan fingerprint density at radius 2 is 2.00 bits per heavy atom. The smallest absolute Gasteiger partial charge is 0.302 e. The van der Waals surface area contributed by atoms with Gasteiger partial charge in [-0.1, -0.05) is 11.6 Å². The maximum Gasteiger partial charge on any atom is 0.302 e. The Bertz CT molecular complexity index is 1340. The van der Waals surface area contributed by atoms with Crippen molar-refractivity contribution in [1.29, 1.82) is 5.26 Å². The van der Waals surface area contributed by atoms with E-state index in [-0.39, 0.29) is 21.8 Å². The van der Waals surface area contributed by atoms with Gasteiger partial charge < -0.3 is 15.8 Å². The number of nitrogens with zero attached hydrogens (tertiary/aromatic N) is 4. The van der Waals surface area contributed by atoms with Crippen LogP contribution in [0.2, 0.25) is 5.02 Å². The van der Waals surface area contributed by atoms with Crippen molar-refractivity contribution in [2.24, 2.45) is 0 Å². The fourth-order valence-corrected chi connectivity index (χ4v) is 3.45. The van der Waals surface area contributed by atoms with Crippen LogP contribution in [-0.2, 0) is 6.54 Å². The number of anilines is 2. The lowest BCUT2D eigenvalue weighted by Gasteiger charge is -2.21. The monoisotopic (exact) mass is 448 g/mol. The third-order valence-corrected chi connectivity index (χ3v) is 5.03. The van der Waals surface area contributed by atoms with Crippen LogP contribution in [0.25, 0.3) is 22.2 Å². The largest absolute Gasteiger partial charge is 0.358 e.